The molecule has 1 aromatic rings. The molecule has 9 heteroatoms. The molecule has 0 aliphatic carbocycles. The predicted molar refractivity (Wildman–Crippen MR) is 97.4 cm³/mol. The molecule has 23 heavy (non-hydrogen) atoms. The molecule has 0 bridgehead atoms. The Balaban J connectivity index is 0.00000132. The first kappa shape index (κ1) is 20.4. The molecule has 2 aliphatic rings. The molecule has 2 fully saturated rings. The van der Waals surface area contributed by atoms with E-state index in [9.17, 15) is 4.79 Å². The Morgan fingerprint density at radius 1 is 1.39 bits per heavy atom. The Labute approximate surface area is 153 Å². The fourth-order valence-corrected chi connectivity index (χ4v) is 3.57. The van der Waals surface area contributed by atoms with Crippen LogP contribution < -0.4 is 10.2 Å². The van der Waals surface area contributed by atoms with Crippen molar-refractivity contribution in [1.29, 1.82) is 0 Å². The molecule has 3 rings (SSSR count). The SMILES string of the molecule is CCc1cnc(N2CCN(C(=O)C3COCCN3)CC2)s1.Cl.Cl. The van der Waals surface area contributed by atoms with E-state index in [0.717, 1.165) is 44.3 Å². The lowest BCUT2D eigenvalue weighted by Gasteiger charge is -2.37. The molecule has 6 nitrogen and oxygen atoms in total. The number of hydrogen-bond acceptors (Lipinski definition) is 6. The van der Waals surface area contributed by atoms with Crippen LogP contribution in [-0.2, 0) is 16.0 Å². The fourth-order valence-electron chi connectivity index (χ4n) is 2.67. The fraction of sp³-hybridized carbons (Fsp3) is 0.714. The van der Waals surface area contributed by atoms with Gasteiger partial charge in [0.25, 0.3) is 0 Å². The van der Waals surface area contributed by atoms with E-state index < -0.39 is 0 Å². The second kappa shape index (κ2) is 9.64. The van der Waals surface area contributed by atoms with Crippen molar-refractivity contribution >= 4 is 47.2 Å². The van der Waals surface area contributed by atoms with Crippen LogP contribution in [0.15, 0.2) is 6.20 Å². The number of halogens is 2. The van der Waals surface area contributed by atoms with Crippen molar-refractivity contribution in [2.75, 3.05) is 50.8 Å². The highest BCUT2D eigenvalue weighted by Crippen LogP contribution is 2.24. The Morgan fingerprint density at radius 3 is 2.70 bits per heavy atom. The molecule has 132 valence electrons. The van der Waals surface area contributed by atoms with Crippen molar-refractivity contribution in [1.82, 2.24) is 15.2 Å². The Kier molecular flexibility index (Phi) is 8.57. The van der Waals surface area contributed by atoms with Gasteiger partial charge >= 0.3 is 0 Å². The predicted octanol–water partition coefficient (Wildman–Crippen LogP) is 1.19. The maximum Gasteiger partial charge on any atom is 0.242 e. The summed E-state index contributed by atoms with van der Waals surface area (Å²) in [6, 6.07) is -0.170. The third-order valence-corrected chi connectivity index (χ3v) is 5.17. The second-order valence-electron chi connectivity index (χ2n) is 5.36. The van der Waals surface area contributed by atoms with E-state index in [4.69, 9.17) is 4.74 Å². The van der Waals surface area contributed by atoms with E-state index in [1.807, 2.05) is 11.1 Å². The first-order valence-corrected chi connectivity index (χ1v) is 8.39. The van der Waals surface area contributed by atoms with Gasteiger partial charge < -0.3 is 19.9 Å². The first-order valence-electron chi connectivity index (χ1n) is 7.57. The molecule has 1 unspecified atom stereocenters. The summed E-state index contributed by atoms with van der Waals surface area (Å²) in [6.45, 7) is 7.33. The van der Waals surface area contributed by atoms with E-state index in [2.05, 4.69) is 22.1 Å². The number of aromatic nitrogens is 1. The number of carbonyl (C=O) groups is 1. The van der Waals surface area contributed by atoms with Gasteiger partial charge in [-0.1, -0.05) is 6.92 Å². The highest BCUT2D eigenvalue weighted by atomic mass is 35.5. The van der Waals surface area contributed by atoms with Gasteiger partial charge in [-0.25, -0.2) is 4.98 Å². The van der Waals surface area contributed by atoms with Gasteiger partial charge in [0.05, 0.1) is 13.2 Å². The highest BCUT2D eigenvalue weighted by Gasteiger charge is 2.29. The average molecular weight is 383 g/mol. The number of piperazine rings is 1. The Hall–Kier alpha value is -0.600. The summed E-state index contributed by atoms with van der Waals surface area (Å²) in [4.78, 5) is 22.4. The number of hydrogen-bond donors (Lipinski definition) is 1. The van der Waals surface area contributed by atoms with Crippen LogP contribution in [0.5, 0.6) is 0 Å². The summed E-state index contributed by atoms with van der Waals surface area (Å²) in [6.07, 6.45) is 2.99. The third kappa shape index (κ3) is 4.93. The topological polar surface area (TPSA) is 57.7 Å². The Bertz CT molecular complexity index is 489. The second-order valence-corrected chi connectivity index (χ2v) is 6.45. The zero-order chi connectivity index (χ0) is 14.7. The summed E-state index contributed by atoms with van der Waals surface area (Å²) >= 11 is 1.76. The number of nitrogens with one attached hydrogen (secondary N) is 1. The molecule has 2 saturated heterocycles. The highest BCUT2D eigenvalue weighted by molar-refractivity contribution is 7.15. The monoisotopic (exact) mass is 382 g/mol. The van der Waals surface area contributed by atoms with Crippen molar-refractivity contribution in [3.8, 4) is 0 Å². The van der Waals surface area contributed by atoms with Crippen LogP contribution in [-0.4, -0.2) is 67.8 Å². The maximum absolute atomic E-state index is 12.4. The molecule has 1 N–H and O–H groups in total. The van der Waals surface area contributed by atoms with Crippen LogP contribution in [0, 0.1) is 0 Å². The van der Waals surface area contributed by atoms with Crippen molar-refractivity contribution in [2.45, 2.75) is 19.4 Å². The summed E-state index contributed by atoms with van der Waals surface area (Å²) in [5.74, 6) is 0.169. The summed E-state index contributed by atoms with van der Waals surface area (Å²) in [5, 5.41) is 4.31. The van der Waals surface area contributed by atoms with E-state index >= 15 is 0 Å². The average Bonchev–Trinajstić information content (AvgIpc) is 3.04. The van der Waals surface area contributed by atoms with E-state index in [1.54, 1.807) is 11.3 Å². The number of carbonyl (C=O) groups excluding carboxylic acids is 1. The minimum absolute atomic E-state index is 0. The first-order chi connectivity index (χ1) is 10.3. The number of nitrogens with zero attached hydrogens (tertiary/aromatic N) is 3. The van der Waals surface area contributed by atoms with Crippen molar-refractivity contribution in [3.05, 3.63) is 11.1 Å². The third-order valence-electron chi connectivity index (χ3n) is 3.97. The largest absolute Gasteiger partial charge is 0.378 e. The van der Waals surface area contributed by atoms with Crippen LogP contribution in [0.4, 0.5) is 5.13 Å². The van der Waals surface area contributed by atoms with Crippen LogP contribution in [0.1, 0.15) is 11.8 Å². The molecule has 1 aromatic heterocycles. The van der Waals surface area contributed by atoms with Crippen LogP contribution >= 0.6 is 36.2 Å². The van der Waals surface area contributed by atoms with Crippen molar-refractivity contribution in [3.63, 3.8) is 0 Å². The lowest BCUT2D eigenvalue weighted by molar-refractivity contribution is -0.136. The van der Waals surface area contributed by atoms with Crippen LogP contribution in [0.3, 0.4) is 0 Å². The van der Waals surface area contributed by atoms with E-state index in [0.29, 0.717) is 13.2 Å². The van der Waals surface area contributed by atoms with Gasteiger partial charge in [-0.3, -0.25) is 4.79 Å². The minimum Gasteiger partial charge on any atom is -0.378 e. The van der Waals surface area contributed by atoms with Crippen molar-refractivity contribution in [2.24, 2.45) is 0 Å². The molecule has 1 amide bonds. The lowest BCUT2D eigenvalue weighted by atomic mass is 10.2. The molecule has 0 aromatic carbocycles. The molecular weight excluding hydrogens is 359 g/mol. The van der Waals surface area contributed by atoms with Gasteiger partial charge in [0.2, 0.25) is 5.91 Å². The van der Waals surface area contributed by atoms with Gasteiger partial charge in [-0.15, -0.1) is 36.2 Å². The quantitative estimate of drug-likeness (QED) is 0.850. The van der Waals surface area contributed by atoms with Gasteiger partial charge in [-0.2, -0.15) is 0 Å². The molecule has 0 radical (unpaired) electrons. The number of ether oxygens (including phenoxy) is 1. The summed E-state index contributed by atoms with van der Waals surface area (Å²) in [7, 11) is 0. The normalized spacial score (nSPS) is 21.3. The number of anilines is 1. The number of thiazole rings is 1. The number of morpholine rings is 1. The van der Waals surface area contributed by atoms with Gasteiger partial charge in [0.15, 0.2) is 5.13 Å². The Morgan fingerprint density at radius 2 is 2.13 bits per heavy atom. The zero-order valence-electron chi connectivity index (χ0n) is 13.2. The van der Waals surface area contributed by atoms with Crippen LogP contribution in [0.2, 0.25) is 0 Å². The smallest absolute Gasteiger partial charge is 0.242 e. The number of aryl methyl sites for hydroxylation is 1. The van der Waals surface area contributed by atoms with Gasteiger partial charge in [0.1, 0.15) is 6.04 Å². The molecule has 1 atom stereocenters. The zero-order valence-corrected chi connectivity index (χ0v) is 15.6. The van der Waals surface area contributed by atoms with E-state index in [-0.39, 0.29) is 36.8 Å². The van der Waals surface area contributed by atoms with Gasteiger partial charge in [-0.05, 0) is 6.42 Å². The number of amides is 1. The molecule has 0 saturated carbocycles. The summed E-state index contributed by atoms with van der Waals surface area (Å²) < 4.78 is 5.37. The molecule has 3 heterocycles. The van der Waals surface area contributed by atoms with E-state index in [1.165, 1.54) is 4.88 Å². The summed E-state index contributed by atoms with van der Waals surface area (Å²) in [5.41, 5.74) is 0. The standard InChI is InChI=1S/C14H22N4O2S.2ClH/c1-2-11-9-16-14(21-11)18-6-4-17(5-7-18)13(19)12-10-20-8-3-15-12;;/h9,12,15H,2-8,10H2,1H3;2*1H. The van der Waals surface area contributed by atoms with Crippen molar-refractivity contribution < 1.29 is 9.53 Å². The minimum atomic E-state index is -0.170. The number of rotatable bonds is 3. The molecule has 2 aliphatic heterocycles. The maximum atomic E-state index is 12.4. The lowest BCUT2D eigenvalue weighted by Crippen LogP contribution is -2.57. The molecular formula is C14H24Cl2N4O2S. The van der Waals surface area contributed by atoms with Crippen LogP contribution in [0.25, 0.3) is 0 Å². The van der Waals surface area contributed by atoms with Gasteiger partial charge in [0, 0.05) is 43.8 Å². The molecule has 0 spiro atoms.